The lowest BCUT2D eigenvalue weighted by Crippen LogP contribution is -2.44. The van der Waals surface area contributed by atoms with E-state index in [1.54, 1.807) is 27.8 Å². The van der Waals surface area contributed by atoms with E-state index in [9.17, 15) is 9.59 Å². The van der Waals surface area contributed by atoms with Crippen LogP contribution in [0.2, 0.25) is 0 Å². The maximum absolute atomic E-state index is 11.6. The number of aldehydes is 1. The van der Waals surface area contributed by atoms with Gasteiger partial charge in [0, 0.05) is 7.05 Å². The number of hydrogen-bond acceptors (Lipinski definition) is 3. The van der Waals surface area contributed by atoms with E-state index in [1.807, 2.05) is 13.8 Å². The SMILES string of the molecule is CC(C)C(C=O)N(C)C(=O)OC(C)(C)C. The van der Waals surface area contributed by atoms with E-state index >= 15 is 0 Å². The van der Waals surface area contributed by atoms with E-state index in [0.717, 1.165) is 6.29 Å². The summed E-state index contributed by atoms with van der Waals surface area (Å²) in [5, 5.41) is 0. The zero-order chi connectivity index (χ0) is 12.2. The number of carbonyl (C=O) groups excluding carboxylic acids is 2. The van der Waals surface area contributed by atoms with Crippen LogP contribution in [0.4, 0.5) is 4.79 Å². The van der Waals surface area contributed by atoms with Gasteiger partial charge in [-0.25, -0.2) is 4.79 Å². The quantitative estimate of drug-likeness (QED) is 0.677. The Balaban J connectivity index is 4.49. The highest BCUT2D eigenvalue weighted by atomic mass is 16.6. The molecule has 0 rings (SSSR count). The van der Waals surface area contributed by atoms with E-state index in [0.29, 0.717) is 0 Å². The maximum Gasteiger partial charge on any atom is 0.410 e. The Bertz CT molecular complexity index is 230. The summed E-state index contributed by atoms with van der Waals surface area (Å²) in [6.07, 6.45) is 0.308. The first-order valence-corrected chi connectivity index (χ1v) is 5.10. The van der Waals surface area contributed by atoms with Crippen LogP contribution in [0, 0.1) is 5.92 Å². The van der Waals surface area contributed by atoms with Crippen molar-refractivity contribution in [3.8, 4) is 0 Å². The third kappa shape index (κ3) is 4.81. The molecular weight excluding hydrogens is 194 g/mol. The van der Waals surface area contributed by atoms with Crippen LogP contribution in [0.25, 0.3) is 0 Å². The van der Waals surface area contributed by atoms with Gasteiger partial charge >= 0.3 is 6.09 Å². The Labute approximate surface area is 91.6 Å². The monoisotopic (exact) mass is 215 g/mol. The van der Waals surface area contributed by atoms with E-state index in [2.05, 4.69) is 0 Å². The molecule has 0 saturated carbocycles. The molecule has 0 aliphatic heterocycles. The van der Waals surface area contributed by atoms with Crippen LogP contribution in [0.3, 0.4) is 0 Å². The van der Waals surface area contributed by atoms with Gasteiger partial charge in [-0.15, -0.1) is 0 Å². The molecule has 0 aromatic heterocycles. The fraction of sp³-hybridized carbons (Fsp3) is 0.818. The van der Waals surface area contributed by atoms with Crippen LogP contribution >= 0.6 is 0 Å². The second kappa shape index (κ2) is 5.14. The minimum absolute atomic E-state index is 0.0834. The standard InChI is InChI=1S/C11H21NO3/c1-8(2)9(7-13)12(6)10(14)15-11(3,4)5/h7-9H,1-6H3. The normalized spacial score (nSPS) is 13.5. The summed E-state index contributed by atoms with van der Waals surface area (Å²) in [5.41, 5.74) is -0.532. The number of hydrogen-bond donors (Lipinski definition) is 0. The minimum Gasteiger partial charge on any atom is -0.444 e. The molecule has 0 spiro atoms. The van der Waals surface area contributed by atoms with E-state index < -0.39 is 17.7 Å². The van der Waals surface area contributed by atoms with Gasteiger partial charge in [0.25, 0.3) is 0 Å². The third-order valence-electron chi connectivity index (χ3n) is 1.95. The number of rotatable bonds is 3. The van der Waals surface area contributed by atoms with E-state index in [4.69, 9.17) is 4.74 Å². The predicted octanol–water partition coefficient (Wildman–Crippen LogP) is 2.08. The molecule has 0 aromatic carbocycles. The van der Waals surface area contributed by atoms with E-state index in [-0.39, 0.29) is 5.92 Å². The molecule has 1 unspecified atom stereocenters. The van der Waals surface area contributed by atoms with Crippen molar-refractivity contribution >= 4 is 12.4 Å². The van der Waals surface area contributed by atoms with Gasteiger partial charge in [0.05, 0.1) is 6.04 Å². The molecule has 0 fully saturated rings. The lowest BCUT2D eigenvalue weighted by Gasteiger charge is -2.29. The van der Waals surface area contributed by atoms with Crippen molar-refractivity contribution in [2.24, 2.45) is 5.92 Å². The molecule has 1 atom stereocenters. The van der Waals surface area contributed by atoms with Crippen LogP contribution in [0.1, 0.15) is 34.6 Å². The number of amides is 1. The van der Waals surface area contributed by atoms with Crippen molar-refractivity contribution < 1.29 is 14.3 Å². The van der Waals surface area contributed by atoms with Crippen LogP contribution in [0.5, 0.6) is 0 Å². The van der Waals surface area contributed by atoms with Gasteiger partial charge in [-0.05, 0) is 26.7 Å². The lowest BCUT2D eigenvalue weighted by molar-refractivity contribution is -0.113. The summed E-state index contributed by atoms with van der Waals surface area (Å²) in [6, 6.07) is -0.431. The topological polar surface area (TPSA) is 46.6 Å². The number of likely N-dealkylation sites (N-methyl/N-ethyl adjacent to an activating group) is 1. The highest BCUT2D eigenvalue weighted by Crippen LogP contribution is 2.13. The Kier molecular flexibility index (Phi) is 4.78. The fourth-order valence-electron chi connectivity index (χ4n) is 1.15. The molecule has 0 aromatic rings. The lowest BCUT2D eigenvalue weighted by atomic mass is 10.1. The highest BCUT2D eigenvalue weighted by molar-refractivity contribution is 5.73. The summed E-state index contributed by atoms with van der Waals surface area (Å²) < 4.78 is 5.16. The first-order valence-electron chi connectivity index (χ1n) is 5.10. The van der Waals surface area contributed by atoms with Crippen molar-refractivity contribution in [2.75, 3.05) is 7.05 Å². The molecule has 0 heterocycles. The smallest absolute Gasteiger partial charge is 0.410 e. The summed E-state index contributed by atoms with van der Waals surface area (Å²) in [6.45, 7) is 9.16. The van der Waals surface area contributed by atoms with Gasteiger partial charge in [0.1, 0.15) is 11.9 Å². The second-order valence-electron chi connectivity index (χ2n) is 4.96. The number of carbonyl (C=O) groups is 2. The summed E-state index contributed by atoms with van der Waals surface area (Å²) in [5.74, 6) is 0.0834. The number of ether oxygens (including phenoxy) is 1. The second-order valence-corrected chi connectivity index (χ2v) is 4.96. The first-order chi connectivity index (χ1) is 6.69. The molecule has 4 heteroatoms. The van der Waals surface area contributed by atoms with Crippen LogP contribution in [0.15, 0.2) is 0 Å². The molecule has 0 bridgehead atoms. The highest BCUT2D eigenvalue weighted by Gasteiger charge is 2.26. The van der Waals surface area contributed by atoms with Gasteiger partial charge in [-0.2, -0.15) is 0 Å². The summed E-state index contributed by atoms with van der Waals surface area (Å²) >= 11 is 0. The molecule has 0 saturated heterocycles. The van der Waals surface area contributed by atoms with Crippen molar-refractivity contribution in [2.45, 2.75) is 46.3 Å². The van der Waals surface area contributed by atoms with Crippen LogP contribution in [-0.2, 0) is 9.53 Å². The molecule has 1 amide bonds. The average Bonchev–Trinajstić information content (AvgIpc) is 2.01. The van der Waals surface area contributed by atoms with E-state index in [1.165, 1.54) is 4.90 Å². The molecule has 4 nitrogen and oxygen atoms in total. The molecule has 0 N–H and O–H groups in total. The van der Waals surface area contributed by atoms with Crippen molar-refractivity contribution in [1.82, 2.24) is 4.90 Å². The third-order valence-corrected chi connectivity index (χ3v) is 1.95. The van der Waals surface area contributed by atoms with Gasteiger partial charge in [0.15, 0.2) is 0 Å². The number of nitrogens with zero attached hydrogens (tertiary/aromatic N) is 1. The Morgan fingerprint density at radius 3 is 2.07 bits per heavy atom. The van der Waals surface area contributed by atoms with Crippen molar-refractivity contribution in [3.05, 3.63) is 0 Å². The Hall–Kier alpha value is -1.06. The predicted molar refractivity (Wildman–Crippen MR) is 58.7 cm³/mol. The molecule has 0 aliphatic carbocycles. The Morgan fingerprint density at radius 1 is 1.33 bits per heavy atom. The molecule has 15 heavy (non-hydrogen) atoms. The zero-order valence-corrected chi connectivity index (χ0v) is 10.4. The fourth-order valence-corrected chi connectivity index (χ4v) is 1.15. The largest absolute Gasteiger partial charge is 0.444 e. The van der Waals surface area contributed by atoms with Gasteiger partial charge in [-0.1, -0.05) is 13.8 Å². The van der Waals surface area contributed by atoms with Gasteiger partial charge in [0.2, 0.25) is 0 Å². The molecule has 0 aliphatic rings. The van der Waals surface area contributed by atoms with Crippen LogP contribution < -0.4 is 0 Å². The maximum atomic E-state index is 11.6. The Morgan fingerprint density at radius 2 is 1.80 bits per heavy atom. The summed E-state index contributed by atoms with van der Waals surface area (Å²) in [4.78, 5) is 23.8. The average molecular weight is 215 g/mol. The summed E-state index contributed by atoms with van der Waals surface area (Å²) in [7, 11) is 1.58. The van der Waals surface area contributed by atoms with Crippen molar-refractivity contribution in [3.63, 3.8) is 0 Å². The molecular formula is C11H21NO3. The first kappa shape index (κ1) is 13.9. The molecule has 0 radical (unpaired) electrons. The minimum atomic E-state index is -0.532. The van der Waals surface area contributed by atoms with Crippen LogP contribution in [-0.4, -0.2) is 36.0 Å². The van der Waals surface area contributed by atoms with Gasteiger partial charge in [-0.3, -0.25) is 0 Å². The van der Waals surface area contributed by atoms with Crippen molar-refractivity contribution in [1.29, 1.82) is 0 Å². The van der Waals surface area contributed by atoms with Gasteiger partial charge < -0.3 is 14.4 Å². The molecule has 88 valence electrons. The zero-order valence-electron chi connectivity index (χ0n) is 10.4.